The van der Waals surface area contributed by atoms with Gasteiger partial charge in [-0.15, -0.1) is 0 Å². The van der Waals surface area contributed by atoms with Gasteiger partial charge in [0, 0.05) is 25.7 Å². The Balaban J connectivity index is 2.06. The molecular weight excluding hydrogens is 406 g/mol. The maximum atomic E-state index is 12.8. The van der Waals surface area contributed by atoms with Crippen molar-refractivity contribution in [3.05, 3.63) is 73.7 Å². The summed E-state index contributed by atoms with van der Waals surface area (Å²) in [6.07, 6.45) is 4.55. The highest BCUT2D eigenvalue weighted by atomic mass is 16.4. The molecule has 3 aromatic rings. The predicted molar refractivity (Wildman–Crippen MR) is 125 cm³/mol. The van der Waals surface area contributed by atoms with Crippen molar-refractivity contribution in [3.63, 3.8) is 0 Å². The maximum absolute atomic E-state index is 12.8. The van der Waals surface area contributed by atoms with E-state index in [2.05, 4.69) is 20.8 Å². The van der Waals surface area contributed by atoms with E-state index in [0.717, 1.165) is 10.1 Å². The molecule has 0 saturated heterocycles. The van der Waals surface area contributed by atoms with E-state index in [4.69, 9.17) is 4.98 Å². The molecule has 1 aliphatic rings. The first-order chi connectivity index (χ1) is 15.0. The van der Waals surface area contributed by atoms with E-state index in [9.17, 15) is 19.5 Å². The van der Waals surface area contributed by atoms with E-state index in [1.807, 2.05) is 12.1 Å². The molecule has 0 radical (unpaired) electrons. The fourth-order valence-corrected chi connectivity index (χ4v) is 4.50. The van der Waals surface area contributed by atoms with Gasteiger partial charge in [0.1, 0.15) is 0 Å². The number of rotatable bonds is 2. The highest BCUT2D eigenvalue weighted by molar-refractivity contribution is 6.05. The van der Waals surface area contributed by atoms with Crippen LogP contribution in [0.15, 0.2) is 40.1 Å². The van der Waals surface area contributed by atoms with Crippen molar-refractivity contribution in [1.82, 2.24) is 14.1 Å². The standard InChI is InChI=1S/C25H27N3O4/c1-25(2,3)16-11-14(10-15-13-27(4)24(32)28(5)22(15)29)21-18(12-16)20(23(30)31)17-8-6-7-9-19(17)26-21/h6-10,13,16H,11-12H2,1-5H3,(H,30,31)/b14-10-. The van der Waals surface area contributed by atoms with Gasteiger partial charge in [-0.2, -0.15) is 0 Å². The number of allylic oxidation sites excluding steroid dienone is 1. The number of hydrogen-bond donors (Lipinski definition) is 1. The molecule has 4 rings (SSSR count). The van der Waals surface area contributed by atoms with E-state index >= 15 is 0 Å². The van der Waals surface area contributed by atoms with Crippen LogP contribution < -0.4 is 11.2 Å². The van der Waals surface area contributed by atoms with Crippen molar-refractivity contribution in [2.75, 3.05) is 0 Å². The van der Waals surface area contributed by atoms with Crippen LogP contribution in [0.25, 0.3) is 22.6 Å². The summed E-state index contributed by atoms with van der Waals surface area (Å²) in [7, 11) is 3.05. The van der Waals surface area contributed by atoms with E-state index in [-0.39, 0.29) is 22.5 Å². The second kappa shape index (κ2) is 7.58. The number of aromatic carboxylic acids is 1. The summed E-state index contributed by atoms with van der Waals surface area (Å²) in [5, 5.41) is 10.7. The minimum absolute atomic E-state index is 0.0767. The molecule has 1 unspecified atom stereocenters. The van der Waals surface area contributed by atoms with E-state index < -0.39 is 11.7 Å². The Morgan fingerprint density at radius 3 is 2.50 bits per heavy atom. The Morgan fingerprint density at radius 1 is 1.16 bits per heavy atom. The molecule has 166 valence electrons. The zero-order valence-corrected chi connectivity index (χ0v) is 19.0. The monoisotopic (exact) mass is 433 g/mol. The molecular formula is C25H27N3O4. The van der Waals surface area contributed by atoms with Crippen LogP contribution in [-0.4, -0.2) is 25.2 Å². The van der Waals surface area contributed by atoms with Crippen molar-refractivity contribution >= 4 is 28.5 Å². The average Bonchev–Trinajstić information content (AvgIpc) is 2.73. The first-order valence-electron chi connectivity index (χ1n) is 10.6. The quantitative estimate of drug-likeness (QED) is 0.668. The molecule has 0 saturated carbocycles. The number of fused-ring (bicyclic) bond motifs is 2. The summed E-state index contributed by atoms with van der Waals surface area (Å²) in [6, 6.07) is 7.25. The van der Waals surface area contributed by atoms with Crippen molar-refractivity contribution in [2.45, 2.75) is 33.6 Å². The van der Waals surface area contributed by atoms with Crippen LogP contribution in [0.5, 0.6) is 0 Å². The average molecular weight is 434 g/mol. The third kappa shape index (κ3) is 3.57. The maximum Gasteiger partial charge on any atom is 0.336 e. The number of nitrogens with zero attached hydrogens (tertiary/aromatic N) is 3. The molecule has 0 aliphatic heterocycles. The SMILES string of the molecule is Cn1cc(/C=C2/CC(C(C)(C)C)Cc3c2nc2ccccc2c3C(=O)O)c(=O)n(C)c1=O. The summed E-state index contributed by atoms with van der Waals surface area (Å²) in [6.45, 7) is 6.42. The molecule has 7 nitrogen and oxygen atoms in total. The lowest BCUT2D eigenvalue weighted by Gasteiger charge is -2.36. The molecule has 0 amide bonds. The van der Waals surface area contributed by atoms with Gasteiger partial charge in [-0.1, -0.05) is 39.0 Å². The minimum Gasteiger partial charge on any atom is -0.478 e. The molecule has 1 aliphatic carbocycles. The third-order valence-corrected chi connectivity index (χ3v) is 6.46. The fraction of sp³-hybridized carbons (Fsp3) is 0.360. The number of carboxylic acid groups (broad SMARTS) is 1. The number of para-hydroxylation sites is 1. The van der Waals surface area contributed by atoms with Crippen LogP contribution in [0.3, 0.4) is 0 Å². The Labute approximate surface area is 185 Å². The van der Waals surface area contributed by atoms with Gasteiger partial charge in [-0.3, -0.25) is 9.36 Å². The highest BCUT2D eigenvalue weighted by Crippen LogP contribution is 2.44. The summed E-state index contributed by atoms with van der Waals surface area (Å²) in [4.78, 5) is 42.1. The number of hydrogen-bond acceptors (Lipinski definition) is 4. The van der Waals surface area contributed by atoms with Gasteiger partial charge in [-0.05, 0) is 47.5 Å². The van der Waals surface area contributed by atoms with Crippen LogP contribution in [0.1, 0.15) is 54.4 Å². The molecule has 32 heavy (non-hydrogen) atoms. The first-order valence-corrected chi connectivity index (χ1v) is 10.6. The number of pyridine rings is 1. The van der Waals surface area contributed by atoms with Gasteiger partial charge in [0.15, 0.2) is 0 Å². The smallest absolute Gasteiger partial charge is 0.336 e. The van der Waals surface area contributed by atoms with Crippen molar-refractivity contribution in [1.29, 1.82) is 0 Å². The molecule has 1 atom stereocenters. The Morgan fingerprint density at radius 2 is 1.84 bits per heavy atom. The summed E-state index contributed by atoms with van der Waals surface area (Å²) >= 11 is 0. The molecule has 0 spiro atoms. The summed E-state index contributed by atoms with van der Waals surface area (Å²) < 4.78 is 2.45. The molecule has 2 heterocycles. The lowest BCUT2D eigenvalue weighted by atomic mass is 9.69. The molecule has 1 aromatic carbocycles. The number of carboxylic acids is 1. The predicted octanol–water partition coefficient (Wildman–Crippen LogP) is 3.48. The fourth-order valence-electron chi connectivity index (χ4n) is 4.50. The second-order valence-electron chi connectivity index (χ2n) is 9.62. The molecule has 1 N–H and O–H groups in total. The van der Waals surface area contributed by atoms with Gasteiger partial charge in [0.05, 0.1) is 22.3 Å². The molecule has 2 aromatic heterocycles. The largest absolute Gasteiger partial charge is 0.478 e. The van der Waals surface area contributed by atoms with Crippen molar-refractivity contribution < 1.29 is 9.90 Å². The zero-order chi connectivity index (χ0) is 23.4. The second-order valence-corrected chi connectivity index (χ2v) is 9.62. The third-order valence-electron chi connectivity index (χ3n) is 6.46. The number of aromatic nitrogens is 3. The van der Waals surface area contributed by atoms with Crippen molar-refractivity contribution in [2.24, 2.45) is 25.4 Å². The van der Waals surface area contributed by atoms with Crippen molar-refractivity contribution in [3.8, 4) is 0 Å². The minimum atomic E-state index is -0.980. The Hall–Kier alpha value is -3.48. The molecule has 7 heteroatoms. The van der Waals surface area contributed by atoms with Gasteiger partial charge in [-0.25, -0.2) is 14.6 Å². The van der Waals surface area contributed by atoms with Gasteiger partial charge in [0.2, 0.25) is 0 Å². The van der Waals surface area contributed by atoms with Gasteiger partial charge >= 0.3 is 11.7 Å². The number of benzene rings is 1. The Kier molecular flexibility index (Phi) is 5.15. The summed E-state index contributed by atoms with van der Waals surface area (Å²) in [5.41, 5.74) is 2.54. The van der Waals surface area contributed by atoms with Crippen LogP contribution in [0.2, 0.25) is 0 Å². The lowest BCUT2D eigenvalue weighted by molar-refractivity contribution is 0.0696. The lowest BCUT2D eigenvalue weighted by Crippen LogP contribution is -2.37. The number of aryl methyl sites for hydroxylation is 1. The topological polar surface area (TPSA) is 94.2 Å². The Bertz CT molecular complexity index is 1400. The molecule has 0 fully saturated rings. The van der Waals surface area contributed by atoms with E-state index in [0.29, 0.717) is 40.6 Å². The van der Waals surface area contributed by atoms with Gasteiger partial charge in [0.25, 0.3) is 5.56 Å². The van der Waals surface area contributed by atoms with E-state index in [1.54, 1.807) is 25.3 Å². The van der Waals surface area contributed by atoms with Crippen LogP contribution in [0, 0.1) is 11.3 Å². The first kappa shape index (κ1) is 21.7. The highest BCUT2D eigenvalue weighted by Gasteiger charge is 2.35. The molecule has 0 bridgehead atoms. The summed E-state index contributed by atoms with van der Waals surface area (Å²) in [5.74, 6) is -0.814. The van der Waals surface area contributed by atoms with Gasteiger partial charge < -0.3 is 9.67 Å². The zero-order valence-electron chi connectivity index (χ0n) is 19.0. The van der Waals surface area contributed by atoms with Crippen LogP contribution >= 0.6 is 0 Å². The number of carbonyl (C=O) groups is 1. The van der Waals surface area contributed by atoms with Crippen LogP contribution in [-0.2, 0) is 20.5 Å². The van der Waals surface area contributed by atoms with E-state index in [1.165, 1.54) is 17.8 Å². The van der Waals surface area contributed by atoms with Crippen LogP contribution in [0.4, 0.5) is 0 Å². The normalized spacial score (nSPS) is 17.5.